The lowest BCUT2D eigenvalue weighted by Gasteiger charge is -2.12. The fourth-order valence-electron chi connectivity index (χ4n) is 1.72. The number of anilines is 1. The summed E-state index contributed by atoms with van der Waals surface area (Å²) in [6.07, 6.45) is 0. The molecule has 0 aliphatic carbocycles. The third-order valence-electron chi connectivity index (χ3n) is 2.63. The van der Waals surface area contributed by atoms with E-state index < -0.39 is 0 Å². The normalized spacial score (nSPS) is 10.6. The molecular formula is C13H9Cl4NO. The van der Waals surface area contributed by atoms with Gasteiger partial charge in [-0.3, -0.25) is 0 Å². The van der Waals surface area contributed by atoms with E-state index in [0.29, 0.717) is 37.1 Å². The Bertz CT molecular complexity index is 617. The lowest BCUT2D eigenvalue weighted by atomic mass is 10.0. The van der Waals surface area contributed by atoms with Crippen molar-refractivity contribution >= 4 is 52.1 Å². The van der Waals surface area contributed by atoms with E-state index in [1.165, 1.54) is 6.07 Å². The summed E-state index contributed by atoms with van der Waals surface area (Å²) in [6.45, 7) is 0. The number of benzene rings is 2. The number of hydrogen-bond acceptors (Lipinski definition) is 2. The van der Waals surface area contributed by atoms with Gasteiger partial charge < -0.3 is 10.5 Å². The molecule has 0 aliphatic heterocycles. The molecule has 0 atom stereocenters. The van der Waals surface area contributed by atoms with Gasteiger partial charge in [0.2, 0.25) is 0 Å². The number of nitrogens with two attached hydrogens (primary N) is 1. The Morgan fingerprint density at radius 1 is 0.947 bits per heavy atom. The number of methoxy groups -OCH3 is 1. The van der Waals surface area contributed by atoms with Crippen LogP contribution in [0, 0.1) is 0 Å². The highest BCUT2D eigenvalue weighted by Crippen LogP contribution is 2.44. The Hall–Kier alpha value is -0.800. The topological polar surface area (TPSA) is 35.2 Å². The van der Waals surface area contributed by atoms with Crippen LogP contribution in [0.15, 0.2) is 24.3 Å². The van der Waals surface area contributed by atoms with Gasteiger partial charge in [0.25, 0.3) is 0 Å². The lowest BCUT2D eigenvalue weighted by molar-refractivity contribution is 0.417. The van der Waals surface area contributed by atoms with E-state index >= 15 is 0 Å². The second-order valence-electron chi connectivity index (χ2n) is 3.80. The summed E-state index contributed by atoms with van der Waals surface area (Å²) < 4.78 is 5.10. The van der Waals surface area contributed by atoms with E-state index in [2.05, 4.69) is 0 Å². The maximum Gasteiger partial charge on any atom is 0.141 e. The first kappa shape index (κ1) is 14.6. The van der Waals surface area contributed by atoms with Crippen LogP contribution in [-0.4, -0.2) is 7.11 Å². The van der Waals surface area contributed by atoms with Gasteiger partial charge in [-0.1, -0.05) is 52.5 Å². The summed E-state index contributed by atoms with van der Waals surface area (Å²) in [4.78, 5) is 0. The molecule has 100 valence electrons. The van der Waals surface area contributed by atoms with Gasteiger partial charge >= 0.3 is 0 Å². The highest BCUT2D eigenvalue weighted by atomic mass is 35.5. The van der Waals surface area contributed by atoms with Crippen LogP contribution < -0.4 is 10.5 Å². The van der Waals surface area contributed by atoms with Crippen LogP contribution in [0.25, 0.3) is 11.1 Å². The smallest absolute Gasteiger partial charge is 0.141 e. The van der Waals surface area contributed by atoms with E-state index in [0.717, 1.165) is 5.56 Å². The summed E-state index contributed by atoms with van der Waals surface area (Å²) in [5.41, 5.74) is 7.61. The van der Waals surface area contributed by atoms with Crippen LogP contribution in [0.4, 0.5) is 5.69 Å². The van der Waals surface area contributed by atoms with Crippen molar-refractivity contribution < 1.29 is 4.74 Å². The molecular weight excluding hydrogens is 328 g/mol. The van der Waals surface area contributed by atoms with Crippen molar-refractivity contribution in [2.75, 3.05) is 12.8 Å². The van der Waals surface area contributed by atoms with Crippen LogP contribution >= 0.6 is 46.4 Å². The van der Waals surface area contributed by atoms with Gasteiger partial charge in [-0.05, 0) is 23.8 Å². The fraction of sp³-hybridized carbons (Fsp3) is 0.0769. The van der Waals surface area contributed by atoms with E-state index in [4.69, 9.17) is 56.9 Å². The largest absolute Gasteiger partial charge is 0.495 e. The fourth-order valence-corrected chi connectivity index (χ4v) is 2.74. The van der Waals surface area contributed by atoms with Crippen LogP contribution in [0.2, 0.25) is 20.1 Å². The van der Waals surface area contributed by atoms with Gasteiger partial charge in [-0.25, -0.2) is 0 Å². The van der Waals surface area contributed by atoms with Gasteiger partial charge in [0, 0.05) is 5.56 Å². The van der Waals surface area contributed by atoms with Gasteiger partial charge in [0.05, 0.1) is 32.9 Å². The lowest BCUT2D eigenvalue weighted by Crippen LogP contribution is -1.93. The maximum absolute atomic E-state index is 6.18. The molecule has 6 heteroatoms. The van der Waals surface area contributed by atoms with Crippen LogP contribution in [0.5, 0.6) is 5.75 Å². The van der Waals surface area contributed by atoms with Crippen LogP contribution in [-0.2, 0) is 0 Å². The zero-order valence-corrected chi connectivity index (χ0v) is 12.8. The van der Waals surface area contributed by atoms with Crippen LogP contribution in [0.3, 0.4) is 0 Å². The molecule has 19 heavy (non-hydrogen) atoms. The van der Waals surface area contributed by atoms with E-state index in [1.54, 1.807) is 25.3 Å². The number of nitrogen functional groups attached to an aromatic ring is 1. The molecule has 2 N–H and O–H groups in total. The standard InChI is InChI=1S/C13H9Cl4NO/c1-19-10-3-2-6(4-9(10)18)11-12(16)7(14)5-8(15)13(11)17/h2-5H,18H2,1H3. The minimum Gasteiger partial charge on any atom is -0.495 e. The zero-order chi connectivity index (χ0) is 14.2. The monoisotopic (exact) mass is 335 g/mol. The molecule has 0 spiro atoms. The van der Waals surface area contributed by atoms with Crippen molar-refractivity contribution in [2.24, 2.45) is 0 Å². The van der Waals surface area contributed by atoms with Crippen molar-refractivity contribution in [1.29, 1.82) is 0 Å². The minimum atomic E-state index is 0.334. The number of rotatable bonds is 2. The SMILES string of the molecule is COc1ccc(-c2c(Cl)c(Cl)cc(Cl)c2Cl)cc1N. The Morgan fingerprint density at radius 3 is 2.00 bits per heavy atom. The van der Waals surface area contributed by atoms with Gasteiger partial charge in [0.1, 0.15) is 5.75 Å². The van der Waals surface area contributed by atoms with Crippen molar-refractivity contribution in [1.82, 2.24) is 0 Å². The summed E-state index contributed by atoms with van der Waals surface area (Å²) in [6, 6.07) is 6.73. The average molecular weight is 337 g/mol. The Morgan fingerprint density at radius 2 is 1.53 bits per heavy atom. The molecule has 2 aromatic carbocycles. The first-order chi connectivity index (χ1) is 8.95. The quantitative estimate of drug-likeness (QED) is 0.575. The van der Waals surface area contributed by atoms with Gasteiger partial charge in [-0.15, -0.1) is 0 Å². The highest BCUT2D eigenvalue weighted by Gasteiger charge is 2.16. The van der Waals surface area contributed by atoms with Crippen molar-refractivity contribution in [2.45, 2.75) is 0 Å². The number of ether oxygens (including phenoxy) is 1. The molecule has 0 saturated carbocycles. The van der Waals surface area contributed by atoms with Crippen molar-refractivity contribution in [3.05, 3.63) is 44.4 Å². The molecule has 0 bridgehead atoms. The molecule has 0 heterocycles. The molecule has 0 aromatic heterocycles. The van der Waals surface area contributed by atoms with Gasteiger partial charge in [0.15, 0.2) is 0 Å². The Balaban J connectivity index is 2.68. The molecule has 0 amide bonds. The summed E-state index contributed by atoms with van der Waals surface area (Å²) in [7, 11) is 1.54. The van der Waals surface area contributed by atoms with E-state index in [-0.39, 0.29) is 0 Å². The average Bonchev–Trinajstić information content (AvgIpc) is 2.37. The minimum absolute atomic E-state index is 0.334. The molecule has 2 rings (SSSR count). The molecule has 0 saturated heterocycles. The summed E-state index contributed by atoms with van der Waals surface area (Å²) in [5, 5.41) is 1.34. The van der Waals surface area contributed by atoms with Crippen molar-refractivity contribution in [3.8, 4) is 16.9 Å². The Kier molecular flexibility index (Phi) is 4.36. The third kappa shape index (κ3) is 2.72. The molecule has 0 unspecified atom stereocenters. The second-order valence-corrected chi connectivity index (χ2v) is 5.37. The first-order valence-electron chi connectivity index (χ1n) is 5.22. The first-order valence-corrected chi connectivity index (χ1v) is 6.73. The highest BCUT2D eigenvalue weighted by molar-refractivity contribution is 6.50. The molecule has 0 fully saturated rings. The maximum atomic E-state index is 6.18. The Labute approximate surface area is 131 Å². The zero-order valence-electron chi connectivity index (χ0n) is 9.81. The van der Waals surface area contributed by atoms with E-state index in [9.17, 15) is 0 Å². The summed E-state index contributed by atoms with van der Waals surface area (Å²) in [5.74, 6) is 0.573. The number of hydrogen-bond donors (Lipinski definition) is 1. The number of halogens is 4. The van der Waals surface area contributed by atoms with Crippen molar-refractivity contribution in [3.63, 3.8) is 0 Å². The molecule has 0 radical (unpaired) electrons. The molecule has 0 aliphatic rings. The molecule has 2 nitrogen and oxygen atoms in total. The predicted octanol–water partition coefficient (Wildman–Crippen LogP) is 5.56. The predicted molar refractivity (Wildman–Crippen MR) is 82.9 cm³/mol. The summed E-state index contributed by atoms with van der Waals surface area (Å²) >= 11 is 24.4. The molecule has 2 aromatic rings. The van der Waals surface area contributed by atoms with Crippen LogP contribution in [0.1, 0.15) is 0 Å². The van der Waals surface area contributed by atoms with Gasteiger partial charge in [-0.2, -0.15) is 0 Å². The second kappa shape index (κ2) is 5.68. The third-order valence-corrected chi connectivity index (χ3v) is 4.20. The van der Waals surface area contributed by atoms with E-state index in [1.807, 2.05) is 0 Å².